The molecule has 0 spiro atoms. The Bertz CT molecular complexity index is 269. The van der Waals surface area contributed by atoms with Crippen LogP contribution in [0.2, 0.25) is 0 Å². The van der Waals surface area contributed by atoms with Gasteiger partial charge < -0.3 is 0 Å². The molecule has 0 aromatic carbocycles. The van der Waals surface area contributed by atoms with Crippen LogP contribution >= 0.6 is 30.1 Å². The van der Waals surface area contributed by atoms with Crippen molar-refractivity contribution >= 4 is 30.1 Å². The number of hydrogen-bond acceptors (Lipinski definition) is 9. The minimum atomic E-state index is -2.72. The number of hydrogen-bond donors (Lipinski definition) is 1. The van der Waals surface area contributed by atoms with Crippen LogP contribution in [0.15, 0.2) is 15.5 Å². The standard InChI is InChI=1S/C4H8IN4O5P/c6-4-2(8-11)1(7-10)3(9-12)5(13-4)14-15/h1-4H,6,15H2. The third-order valence-electron chi connectivity index (χ3n) is 1.77. The van der Waals surface area contributed by atoms with Gasteiger partial charge in [-0.3, -0.25) is 0 Å². The molecule has 86 valence electrons. The van der Waals surface area contributed by atoms with Gasteiger partial charge in [0.15, 0.2) is 0 Å². The van der Waals surface area contributed by atoms with E-state index in [1.807, 2.05) is 9.47 Å². The van der Waals surface area contributed by atoms with Crippen LogP contribution in [-0.4, -0.2) is 22.4 Å². The minimum absolute atomic E-state index is 1.08. The number of rotatable bonds is 4. The molecule has 5 unspecified atom stereocenters. The summed E-state index contributed by atoms with van der Waals surface area (Å²) in [6.45, 7) is 0. The summed E-state index contributed by atoms with van der Waals surface area (Å²) in [6, 6.07) is -2.40. The normalized spacial score (nSPS) is 38.4. The second-order valence-electron chi connectivity index (χ2n) is 2.55. The molecule has 1 saturated heterocycles. The summed E-state index contributed by atoms with van der Waals surface area (Å²) in [7, 11) is 1.92. The van der Waals surface area contributed by atoms with E-state index in [0.29, 0.717) is 0 Å². The molecule has 1 aliphatic rings. The van der Waals surface area contributed by atoms with E-state index in [4.69, 9.17) is 11.7 Å². The van der Waals surface area contributed by atoms with Crippen LogP contribution in [0.3, 0.4) is 0 Å². The van der Waals surface area contributed by atoms with Crippen molar-refractivity contribution in [2.75, 3.05) is 0 Å². The molecule has 1 rings (SSSR count). The number of nitrogens with two attached hydrogens (primary N) is 1. The maximum absolute atomic E-state index is 10.5. The zero-order valence-electron chi connectivity index (χ0n) is 7.22. The first-order valence-corrected chi connectivity index (χ1v) is 7.13. The summed E-state index contributed by atoms with van der Waals surface area (Å²) < 4.78 is 8.83. The predicted molar refractivity (Wildman–Crippen MR) is 62.6 cm³/mol. The van der Waals surface area contributed by atoms with Gasteiger partial charge >= 0.3 is 94.4 Å². The Morgan fingerprint density at radius 1 is 1.20 bits per heavy atom. The number of nitrogens with zero attached hydrogens (tertiary/aromatic N) is 3. The molecule has 5 atom stereocenters. The zero-order chi connectivity index (χ0) is 11.4. The van der Waals surface area contributed by atoms with E-state index in [1.54, 1.807) is 0 Å². The quantitative estimate of drug-likeness (QED) is 0.262. The first-order valence-electron chi connectivity index (χ1n) is 3.65. The third kappa shape index (κ3) is 2.50. The second kappa shape index (κ2) is 5.80. The van der Waals surface area contributed by atoms with Gasteiger partial charge in [0.05, 0.1) is 0 Å². The van der Waals surface area contributed by atoms with E-state index in [0.717, 1.165) is 0 Å². The summed E-state index contributed by atoms with van der Waals surface area (Å²) in [5.41, 5.74) is 5.43. The Labute approximate surface area is 94.5 Å². The Hall–Kier alpha value is -0.160. The number of alkyl halides is 1. The fourth-order valence-electron chi connectivity index (χ4n) is 1.07. The van der Waals surface area contributed by atoms with Gasteiger partial charge in [-0.2, -0.15) is 0 Å². The van der Waals surface area contributed by atoms with Gasteiger partial charge in [0.1, 0.15) is 0 Å². The molecule has 0 amide bonds. The van der Waals surface area contributed by atoms with E-state index >= 15 is 0 Å². The molecule has 0 radical (unpaired) electrons. The monoisotopic (exact) mass is 350 g/mol. The molecule has 0 aromatic rings. The molecule has 1 aliphatic heterocycles. The fraction of sp³-hybridized carbons (Fsp3) is 1.00. The van der Waals surface area contributed by atoms with Gasteiger partial charge in [0, 0.05) is 0 Å². The first-order chi connectivity index (χ1) is 7.19. The maximum atomic E-state index is 10.5. The van der Waals surface area contributed by atoms with Gasteiger partial charge in [-0.1, -0.05) is 0 Å². The molecule has 9 nitrogen and oxygen atoms in total. The first kappa shape index (κ1) is 12.9. The molecule has 0 aliphatic carbocycles. The molecular weight excluding hydrogens is 342 g/mol. The molecule has 0 aromatic heterocycles. The second-order valence-corrected chi connectivity index (χ2v) is 7.42. The average molecular weight is 350 g/mol. The Morgan fingerprint density at radius 3 is 2.20 bits per heavy atom. The van der Waals surface area contributed by atoms with Gasteiger partial charge in [-0.15, -0.1) is 0 Å². The van der Waals surface area contributed by atoms with E-state index in [2.05, 4.69) is 15.5 Å². The molecule has 0 saturated carbocycles. The summed E-state index contributed by atoms with van der Waals surface area (Å²) in [5, 5.41) is 7.96. The molecule has 2 N–H and O–H groups in total. The third-order valence-corrected chi connectivity index (χ3v) is 6.55. The van der Waals surface area contributed by atoms with E-state index < -0.39 is 43.0 Å². The van der Waals surface area contributed by atoms with Crippen LogP contribution in [0.4, 0.5) is 0 Å². The van der Waals surface area contributed by atoms with Crippen molar-refractivity contribution in [3.63, 3.8) is 0 Å². The molecule has 1 fully saturated rings. The molecule has 1 heterocycles. The Morgan fingerprint density at radius 2 is 1.80 bits per heavy atom. The van der Waals surface area contributed by atoms with Crippen LogP contribution in [0.5, 0.6) is 0 Å². The van der Waals surface area contributed by atoms with Gasteiger partial charge in [0.2, 0.25) is 0 Å². The van der Waals surface area contributed by atoms with Crippen LogP contribution in [-0.2, 0) is 5.92 Å². The average Bonchev–Trinajstić information content (AvgIpc) is 2.27. The SMILES string of the molecule is NC1OI(OP)C(N=O)C(N=O)C1N=O. The summed E-state index contributed by atoms with van der Waals surface area (Å²) in [6.07, 6.45) is -1.08. The fourth-order valence-corrected chi connectivity index (χ4v) is 5.01. The molecule has 15 heavy (non-hydrogen) atoms. The zero-order valence-corrected chi connectivity index (χ0v) is 10.5. The molecule has 0 bridgehead atoms. The van der Waals surface area contributed by atoms with Crippen LogP contribution in [0, 0.1) is 14.7 Å². The van der Waals surface area contributed by atoms with Gasteiger partial charge in [-0.25, -0.2) is 0 Å². The van der Waals surface area contributed by atoms with Crippen molar-refractivity contribution in [1.82, 2.24) is 0 Å². The Kier molecular flexibility index (Phi) is 4.99. The summed E-state index contributed by atoms with van der Waals surface area (Å²) in [5.74, 6) is 0. The topological polar surface area (TPSA) is 133 Å². The van der Waals surface area contributed by atoms with Crippen LogP contribution in [0.25, 0.3) is 0 Å². The van der Waals surface area contributed by atoms with Gasteiger partial charge in [-0.05, 0) is 0 Å². The molecule has 11 heteroatoms. The van der Waals surface area contributed by atoms with Crippen LogP contribution in [0.1, 0.15) is 0 Å². The van der Waals surface area contributed by atoms with E-state index in [1.165, 1.54) is 0 Å². The van der Waals surface area contributed by atoms with Crippen LogP contribution < -0.4 is 5.73 Å². The van der Waals surface area contributed by atoms with Crippen molar-refractivity contribution in [1.29, 1.82) is 0 Å². The van der Waals surface area contributed by atoms with Crippen molar-refractivity contribution < 1.29 is 5.92 Å². The summed E-state index contributed by atoms with van der Waals surface area (Å²) >= 11 is -2.72. The van der Waals surface area contributed by atoms with Crippen molar-refractivity contribution in [3.05, 3.63) is 14.7 Å². The summed E-state index contributed by atoms with van der Waals surface area (Å²) in [4.78, 5) is 31.4. The Balaban J connectivity index is 2.94. The van der Waals surface area contributed by atoms with Crippen molar-refractivity contribution in [2.45, 2.75) is 22.4 Å². The number of nitroso groups, excluding NO2 is 3. The van der Waals surface area contributed by atoms with E-state index in [-0.39, 0.29) is 0 Å². The van der Waals surface area contributed by atoms with Crippen molar-refractivity contribution in [2.24, 2.45) is 21.3 Å². The molecular formula is C4H8IN4O5P. The van der Waals surface area contributed by atoms with E-state index in [9.17, 15) is 14.7 Å². The number of halogens is 1. The predicted octanol–water partition coefficient (Wildman–Crippen LogP) is 0.807. The van der Waals surface area contributed by atoms with Crippen molar-refractivity contribution in [3.8, 4) is 0 Å². The van der Waals surface area contributed by atoms with Gasteiger partial charge in [0.25, 0.3) is 0 Å².